The first-order valence-corrected chi connectivity index (χ1v) is 7.70. The van der Waals surface area contributed by atoms with E-state index in [2.05, 4.69) is 0 Å². The van der Waals surface area contributed by atoms with Crippen molar-refractivity contribution in [2.45, 2.75) is 13.2 Å². The number of nitrogens with zero attached hydrogens (tertiary/aromatic N) is 1. The lowest BCUT2D eigenvalue weighted by Crippen LogP contribution is -2.19. The lowest BCUT2D eigenvalue weighted by molar-refractivity contribution is 0.305. The van der Waals surface area contributed by atoms with Gasteiger partial charge in [0.1, 0.15) is 12.4 Å². The molecule has 0 fully saturated rings. The number of halogens is 1. The highest BCUT2D eigenvalue weighted by Gasteiger charge is 2.02. The van der Waals surface area contributed by atoms with Gasteiger partial charge < -0.3 is 9.30 Å². The Balaban J connectivity index is 1.69. The molecular formula is C19H16ClNO2. The van der Waals surface area contributed by atoms with Crippen LogP contribution in [-0.4, -0.2) is 4.57 Å². The Bertz CT molecular complexity index is 843. The van der Waals surface area contributed by atoms with Gasteiger partial charge in [0.25, 0.3) is 5.56 Å². The van der Waals surface area contributed by atoms with Crippen LogP contribution in [0.1, 0.15) is 11.1 Å². The van der Waals surface area contributed by atoms with E-state index < -0.39 is 0 Å². The van der Waals surface area contributed by atoms with E-state index in [9.17, 15) is 4.79 Å². The maximum Gasteiger partial charge on any atom is 0.254 e. The lowest BCUT2D eigenvalue weighted by Gasteiger charge is -2.09. The molecule has 0 spiro atoms. The minimum atomic E-state index is -0.101. The minimum Gasteiger partial charge on any atom is -0.489 e. The highest BCUT2D eigenvalue weighted by atomic mass is 35.5. The predicted molar refractivity (Wildman–Crippen MR) is 92.0 cm³/mol. The molecule has 0 aliphatic carbocycles. The van der Waals surface area contributed by atoms with Crippen LogP contribution >= 0.6 is 11.6 Å². The predicted octanol–water partition coefficient (Wildman–Crippen LogP) is 4.13. The number of benzene rings is 2. The van der Waals surface area contributed by atoms with E-state index in [0.717, 1.165) is 11.1 Å². The van der Waals surface area contributed by atoms with Gasteiger partial charge in [-0.2, -0.15) is 0 Å². The average molecular weight is 326 g/mol. The van der Waals surface area contributed by atoms with Crippen LogP contribution < -0.4 is 10.3 Å². The molecule has 0 amide bonds. The molecule has 0 aliphatic rings. The van der Waals surface area contributed by atoms with Gasteiger partial charge in [0, 0.05) is 17.3 Å². The highest BCUT2D eigenvalue weighted by molar-refractivity contribution is 6.30. The van der Waals surface area contributed by atoms with Gasteiger partial charge in [-0.15, -0.1) is 0 Å². The SMILES string of the molecule is O=c1cc(OCc2ccccc2)ccn1Cc1cccc(Cl)c1. The van der Waals surface area contributed by atoms with Gasteiger partial charge in [-0.1, -0.05) is 54.1 Å². The first kappa shape index (κ1) is 15.4. The van der Waals surface area contributed by atoms with Crippen molar-refractivity contribution in [3.8, 4) is 5.75 Å². The fourth-order valence-electron chi connectivity index (χ4n) is 2.28. The van der Waals surface area contributed by atoms with Crippen molar-refractivity contribution < 1.29 is 4.74 Å². The van der Waals surface area contributed by atoms with Crippen molar-refractivity contribution in [1.29, 1.82) is 0 Å². The van der Waals surface area contributed by atoms with Crippen molar-refractivity contribution in [1.82, 2.24) is 4.57 Å². The van der Waals surface area contributed by atoms with Gasteiger partial charge in [-0.25, -0.2) is 0 Å². The minimum absolute atomic E-state index is 0.101. The Labute approximate surface area is 139 Å². The zero-order valence-electron chi connectivity index (χ0n) is 12.5. The summed E-state index contributed by atoms with van der Waals surface area (Å²) < 4.78 is 7.29. The molecule has 0 saturated heterocycles. The Kier molecular flexibility index (Phi) is 4.79. The van der Waals surface area contributed by atoms with E-state index in [1.807, 2.05) is 54.6 Å². The standard InChI is InChI=1S/C19H16ClNO2/c20-17-8-4-7-16(11-17)13-21-10-9-18(12-19(21)22)23-14-15-5-2-1-3-6-15/h1-12H,13-14H2. The smallest absolute Gasteiger partial charge is 0.254 e. The molecule has 0 radical (unpaired) electrons. The molecule has 4 heteroatoms. The Morgan fingerprint density at radius 3 is 2.43 bits per heavy atom. The van der Waals surface area contributed by atoms with Crippen LogP contribution in [0.3, 0.4) is 0 Å². The van der Waals surface area contributed by atoms with Crippen LogP contribution in [0.25, 0.3) is 0 Å². The van der Waals surface area contributed by atoms with E-state index in [-0.39, 0.29) is 5.56 Å². The second-order valence-electron chi connectivity index (χ2n) is 5.23. The number of rotatable bonds is 5. The number of hydrogen-bond acceptors (Lipinski definition) is 2. The Morgan fingerprint density at radius 2 is 1.70 bits per heavy atom. The number of ether oxygens (including phenoxy) is 1. The van der Waals surface area contributed by atoms with E-state index in [4.69, 9.17) is 16.3 Å². The first-order chi connectivity index (χ1) is 11.2. The van der Waals surface area contributed by atoms with Crippen molar-refractivity contribution >= 4 is 11.6 Å². The third-order valence-corrected chi connectivity index (χ3v) is 3.69. The van der Waals surface area contributed by atoms with Gasteiger partial charge in [-0.3, -0.25) is 4.79 Å². The lowest BCUT2D eigenvalue weighted by atomic mass is 10.2. The molecule has 0 saturated carbocycles. The third-order valence-electron chi connectivity index (χ3n) is 3.46. The van der Waals surface area contributed by atoms with Crippen LogP contribution in [0.4, 0.5) is 0 Å². The number of hydrogen-bond donors (Lipinski definition) is 0. The average Bonchev–Trinajstić information content (AvgIpc) is 2.56. The second-order valence-corrected chi connectivity index (χ2v) is 5.67. The summed E-state index contributed by atoms with van der Waals surface area (Å²) in [7, 11) is 0. The fraction of sp³-hybridized carbons (Fsp3) is 0.105. The molecule has 116 valence electrons. The van der Waals surface area contributed by atoms with Crippen LogP contribution in [0.15, 0.2) is 77.7 Å². The van der Waals surface area contributed by atoms with Gasteiger partial charge in [-0.05, 0) is 29.3 Å². The Morgan fingerprint density at radius 1 is 0.913 bits per heavy atom. The van der Waals surface area contributed by atoms with Gasteiger partial charge in [0.05, 0.1) is 6.54 Å². The molecule has 0 N–H and O–H groups in total. The molecule has 1 aromatic heterocycles. The first-order valence-electron chi connectivity index (χ1n) is 7.32. The van der Waals surface area contributed by atoms with Crippen molar-refractivity contribution in [2.24, 2.45) is 0 Å². The summed E-state index contributed by atoms with van der Waals surface area (Å²) in [5.41, 5.74) is 1.95. The molecule has 1 heterocycles. The fourth-order valence-corrected chi connectivity index (χ4v) is 2.50. The summed E-state index contributed by atoms with van der Waals surface area (Å²) in [6, 6.07) is 20.6. The normalized spacial score (nSPS) is 10.5. The highest BCUT2D eigenvalue weighted by Crippen LogP contribution is 2.13. The molecule has 23 heavy (non-hydrogen) atoms. The second kappa shape index (κ2) is 7.16. The van der Waals surface area contributed by atoms with E-state index >= 15 is 0 Å². The zero-order chi connectivity index (χ0) is 16.1. The molecule has 0 atom stereocenters. The zero-order valence-corrected chi connectivity index (χ0v) is 13.2. The van der Waals surface area contributed by atoms with Gasteiger partial charge >= 0.3 is 0 Å². The number of aromatic nitrogens is 1. The molecule has 0 unspecified atom stereocenters. The molecular weight excluding hydrogens is 310 g/mol. The van der Waals surface area contributed by atoms with E-state index in [0.29, 0.717) is 23.9 Å². The van der Waals surface area contributed by atoms with Crippen molar-refractivity contribution in [3.05, 3.63) is 99.4 Å². The molecule has 2 aromatic carbocycles. The van der Waals surface area contributed by atoms with Crippen molar-refractivity contribution in [3.63, 3.8) is 0 Å². The molecule has 3 aromatic rings. The summed E-state index contributed by atoms with van der Waals surface area (Å²) in [5, 5.41) is 0.665. The monoisotopic (exact) mass is 325 g/mol. The van der Waals surface area contributed by atoms with Crippen molar-refractivity contribution in [2.75, 3.05) is 0 Å². The van der Waals surface area contributed by atoms with Gasteiger partial charge in [0.2, 0.25) is 0 Å². The van der Waals surface area contributed by atoms with E-state index in [1.165, 1.54) is 6.07 Å². The summed E-state index contributed by atoms with van der Waals surface area (Å²) in [4.78, 5) is 12.2. The summed E-state index contributed by atoms with van der Waals surface area (Å²) in [6.07, 6.45) is 1.74. The molecule has 3 nitrogen and oxygen atoms in total. The third kappa shape index (κ3) is 4.24. The summed E-state index contributed by atoms with van der Waals surface area (Å²) in [5.74, 6) is 0.571. The molecule has 0 aliphatic heterocycles. The van der Waals surface area contributed by atoms with Gasteiger partial charge in [0.15, 0.2) is 0 Å². The topological polar surface area (TPSA) is 31.2 Å². The quantitative estimate of drug-likeness (QED) is 0.706. The molecule has 0 bridgehead atoms. The van der Waals surface area contributed by atoms with E-state index in [1.54, 1.807) is 16.8 Å². The molecule has 3 rings (SSSR count). The van der Waals surface area contributed by atoms with Crippen LogP contribution in [0, 0.1) is 0 Å². The van der Waals surface area contributed by atoms with Crippen LogP contribution in [0.5, 0.6) is 5.75 Å². The van der Waals surface area contributed by atoms with Crippen LogP contribution in [-0.2, 0) is 13.2 Å². The summed E-state index contributed by atoms with van der Waals surface area (Å²) in [6.45, 7) is 0.928. The maximum atomic E-state index is 12.2. The summed E-state index contributed by atoms with van der Waals surface area (Å²) >= 11 is 5.97. The largest absolute Gasteiger partial charge is 0.489 e. The van der Waals surface area contributed by atoms with Crippen LogP contribution in [0.2, 0.25) is 5.02 Å². The number of pyridine rings is 1. The Hall–Kier alpha value is -2.52. The maximum absolute atomic E-state index is 12.2.